The second-order valence-corrected chi connectivity index (χ2v) is 6.97. The first kappa shape index (κ1) is 19.4. The molecule has 140 valence electrons. The van der Waals surface area contributed by atoms with E-state index in [9.17, 15) is 14.4 Å². The van der Waals surface area contributed by atoms with Crippen LogP contribution in [0.5, 0.6) is 0 Å². The summed E-state index contributed by atoms with van der Waals surface area (Å²) in [7, 11) is 0. The van der Waals surface area contributed by atoms with Crippen LogP contribution in [0.2, 0.25) is 10.0 Å². The minimum absolute atomic E-state index is 0.0845. The lowest BCUT2D eigenvalue weighted by molar-refractivity contribution is -0.141. The van der Waals surface area contributed by atoms with Crippen molar-refractivity contribution < 1.29 is 19.1 Å². The molecule has 0 aromatic heterocycles. The Morgan fingerprint density at radius 3 is 2.30 bits per heavy atom. The molecule has 27 heavy (non-hydrogen) atoms. The van der Waals surface area contributed by atoms with Gasteiger partial charge in [-0.15, -0.1) is 0 Å². The maximum Gasteiger partial charge on any atom is 0.310 e. The highest BCUT2D eigenvalue weighted by molar-refractivity contribution is 6.36. The molecule has 0 N–H and O–H groups in total. The lowest BCUT2D eigenvalue weighted by Crippen LogP contribution is -2.23. The average Bonchev–Trinajstić information content (AvgIpc) is 3.09. The number of Topliss-reactive ketones (excluding diaryl/α,β-unsaturated/α-hetero) is 1. The first-order valence-electron chi connectivity index (χ1n) is 8.48. The summed E-state index contributed by atoms with van der Waals surface area (Å²) in [5, 5.41) is 0.746. The first-order chi connectivity index (χ1) is 13.0. The predicted molar refractivity (Wildman–Crippen MR) is 103 cm³/mol. The number of amides is 1. The molecule has 0 radical (unpaired) electrons. The zero-order valence-electron chi connectivity index (χ0n) is 14.4. The van der Waals surface area contributed by atoms with Gasteiger partial charge in [0.15, 0.2) is 12.4 Å². The molecule has 5 nitrogen and oxygen atoms in total. The number of hydrogen-bond acceptors (Lipinski definition) is 4. The van der Waals surface area contributed by atoms with E-state index in [4.69, 9.17) is 27.9 Å². The van der Waals surface area contributed by atoms with E-state index in [0.29, 0.717) is 34.1 Å². The monoisotopic (exact) mass is 405 g/mol. The molecule has 7 heteroatoms. The number of benzene rings is 2. The molecule has 0 bridgehead atoms. The van der Waals surface area contributed by atoms with Crippen LogP contribution in [0.3, 0.4) is 0 Å². The molecular weight excluding hydrogens is 389 g/mol. The van der Waals surface area contributed by atoms with Crippen LogP contribution < -0.4 is 4.90 Å². The third-order valence-corrected chi connectivity index (χ3v) is 5.03. The van der Waals surface area contributed by atoms with E-state index in [1.807, 2.05) is 0 Å². The molecule has 2 aromatic carbocycles. The van der Waals surface area contributed by atoms with Crippen molar-refractivity contribution in [3.63, 3.8) is 0 Å². The van der Waals surface area contributed by atoms with Crippen molar-refractivity contribution in [3.05, 3.63) is 63.6 Å². The molecule has 1 heterocycles. The van der Waals surface area contributed by atoms with Crippen LogP contribution in [0.25, 0.3) is 0 Å². The molecule has 1 aliphatic rings. The molecule has 0 atom stereocenters. The van der Waals surface area contributed by atoms with Crippen LogP contribution in [0, 0.1) is 0 Å². The van der Waals surface area contributed by atoms with Crippen LogP contribution in [0.4, 0.5) is 5.69 Å². The van der Waals surface area contributed by atoms with Gasteiger partial charge in [-0.05, 0) is 42.8 Å². The lowest BCUT2D eigenvalue weighted by atomic mass is 10.1. The van der Waals surface area contributed by atoms with E-state index < -0.39 is 5.97 Å². The van der Waals surface area contributed by atoms with Gasteiger partial charge in [0, 0.05) is 39.8 Å². The number of rotatable bonds is 6. The Labute approximate surface area is 166 Å². The van der Waals surface area contributed by atoms with Gasteiger partial charge in [-0.3, -0.25) is 14.4 Å². The van der Waals surface area contributed by atoms with Gasteiger partial charge < -0.3 is 9.64 Å². The molecule has 0 aliphatic carbocycles. The fourth-order valence-corrected chi connectivity index (χ4v) is 3.41. The van der Waals surface area contributed by atoms with Crippen LogP contribution >= 0.6 is 23.2 Å². The van der Waals surface area contributed by atoms with Gasteiger partial charge >= 0.3 is 5.97 Å². The Hall–Kier alpha value is -2.37. The predicted octanol–water partition coefficient (Wildman–Crippen LogP) is 4.09. The average molecular weight is 406 g/mol. The summed E-state index contributed by atoms with van der Waals surface area (Å²) in [4.78, 5) is 37.7. The van der Waals surface area contributed by atoms with E-state index in [2.05, 4.69) is 0 Å². The molecule has 1 saturated heterocycles. The topological polar surface area (TPSA) is 63.7 Å². The second kappa shape index (κ2) is 8.55. The van der Waals surface area contributed by atoms with Crippen LogP contribution in [-0.2, 0) is 20.7 Å². The zero-order valence-corrected chi connectivity index (χ0v) is 15.9. The summed E-state index contributed by atoms with van der Waals surface area (Å²) < 4.78 is 5.05. The van der Waals surface area contributed by atoms with Gasteiger partial charge in [0.2, 0.25) is 5.91 Å². The fourth-order valence-electron chi connectivity index (χ4n) is 2.87. The quantitative estimate of drug-likeness (QED) is 0.536. The number of carbonyl (C=O) groups is 3. The number of anilines is 1. The number of hydrogen-bond donors (Lipinski definition) is 0. The van der Waals surface area contributed by atoms with Crippen molar-refractivity contribution in [1.82, 2.24) is 0 Å². The zero-order chi connectivity index (χ0) is 19.4. The maximum absolute atomic E-state index is 12.2. The maximum atomic E-state index is 12.2. The molecule has 1 fully saturated rings. The highest BCUT2D eigenvalue weighted by atomic mass is 35.5. The second-order valence-electron chi connectivity index (χ2n) is 6.16. The van der Waals surface area contributed by atoms with E-state index in [-0.39, 0.29) is 24.7 Å². The van der Waals surface area contributed by atoms with Crippen molar-refractivity contribution in [2.75, 3.05) is 18.1 Å². The van der Waals surface area contributed by atoms with Gasteiger partial charge in [0.05, 0.1) is 6.42 Å². The third-order valence-electron chi connectivity index (χ3n) is 4.32. The van der Waals surface area contributed by atoms with E-state index in [1.165, 1.54) is 0 Å². The molecule has 3 rings (SSSR count). The largest absolute Gasteiger partial charge is 0.457 e. The van der Waals surface area contributed by atoms with Crippen molar-refractivity contribution in [1.29, 1.82) is 0 Å². The summed E-state index contributed by atoms with van der Waals surface area (Å²) in [6, 6.07) is 11.7. The normalized spacial score (nSPS) is 13.7. The minimum Gasteiger partial charge on any atom is -0.457 e. The van der Waals surface area contributed by atoms with Gasteiger partial charge in [0.25, 0.3) is 0 Å². The Morgan fingerprint density at radius 1 is 1.04 bits per heavy atom. The summed E-state index contributed by atoms with van der Waals surface area (Å²) in [5.74, 6) is -0.827. The highest BCUT2D eigenvalue weighted by Gasteiger charge is 2.22. The smallest absolute Gasteiger partial charge is 0.310 e. The molecular formula is C20H17Cl2NO4. The van der Waals surface area contributed by atoms with Crippen LogP contribution in [0.1, 0.15) is 28.8 Å². The molecule has 0 saturated carbocycles. The summed E-state index contributed by atoms with van der Waals surface area (Å²) in [5.41, 5.74) is 1.64. The lowest BCUT2D eigenvalue weighted by Gasteiger charge is -2.15. The highest BCUT2D eigenvalue weighted by Crippen LogP contribution is 2.25. The third kappa shape index (κ3) is 4.67. The van der Waals surface area contributed by atoms with Gasteiger partial charge in [-0.2, -0.15) is 0 Å². The summed E-state index contributed by atoms with van der Waals surface area (Å²) in [6.45, 7) is 0.317. The van der Waals surface area contributed by atoms with Crippen molar-refractivity contribution >= 4 is 46.5 Å². The Balaban J connectivity index is 1.56. The summed E-state index contributed by atoms with van der Waals surface area (Å²) >= 11 is 12.0. The minimum atomic E-state index is -0.586. The molecule has 2 aromatic rings. The number of nitrogens with zero attached hydrogens (tertiary/aromatic N) is 1. The van der Waals surface area contributed by atoms with E-state index in [1.54, 1.807) is 47.4 Å². The van der Waals surface area contributed by atoms with Crippen molar-refractivity contribution in [2.24, 2.45) is 0 Å². The van der Waals surface area contributed by atoms with Gasteiger partial charge in [-0.25, -0.2) is 0 Å². The number of esters is 1. The number of halogens is 2. The molecule has 1 amide bonds. The Kier molecular flexibility index (Phi) is 6.14. The number of ether oxygens (including phenoxy) is 1. The standard InChI is InChI=1S/C20H17Cl2NO4/c21-16-3-1-4-17(22)15(16)11-20(26)27-12-18(24)13-6-8-14(9-7-13)23-10-2-5-19(23)25/h1,3-4,6-9H,2,5,10-12H2. The number of ketones is 1. The van der Waals surface area contributed by atoms with Gasteiger partial charge in [-0.1, -0.05) is 29.3 Å². The van der Waals surface area contributed by atoms with Crippen molar-refractivity contribution in [3.8, 4) is 0 Å². The molecule has 1 aliphatic heterocycles. The first-order valence-corrected chi connectivity index (χ1v) is 9.23. The molecule has 0 unspecified atom stereocenters. The van der Waals surface area contributed by atoms with Gasteiger partial charge in [0.1, 0.15) is 0 Å². The van der Waals surface area contributed by atoms with E-state index >= 15 is 0 Å². The van der Waals surface area contributed by atoms with Crippen LogP contribution in [-0.4, -0.2) is 30.8 Å². The van der Waals surface area contributed by atoms with E-state index in [0.717, 1.165) is 12.1 Å². The Bertz CT molecular complexity index is 860. The SMILES string of the molecule is O=C(Cc1c(Cl)cccc1Cl)OCC(=O)c1ccc(N2CCCC2=O)cc1. The molecule has 0 spiro atoms. The van der Waals surface area contributed by atoms with Crippen LogP contribution in [0.15, 0.2) is 42.5 Å². The fraction of sp³-hybridized carbons (Fsp3) is 0.250. The summed E-state index contributed by atoms with van der Waals surface area (Å²) in [6.07, 6.45) is 1.28. The van der Waals surface area contributed by atoms with Crippen molar-refractivity contribution in [2.45, 2.75) is 19.3 Å². The number of carbonyl (C=O) groups excluding carboxylic acids is 3. The Morgan fingerprint density at radius 2 is 1.70 bits per heavy atom.